The molecule has 1 aromatic rings. The zero-order valence-corrected chi connectivity index (χ0v) is 23.7. The first-order valence-corrected chi connectivity index (χ1v) is 14.3. The Bertz CT molecular complexity index is 1050. The van der Waals surface area contributed by atoms with E-state index in [-0.39, 0.29) is 60.9 Å². The van der Waals surface area contributed by atoms with Gasteiger partial charge in [-0.15, -0.1) is 0 Å². The maximum absolute atomic E-state index is 12.7. The third kappa shape index (κ3) is 10.7. The Morgan fingerprint density at radius 2 is 1.74 bits per heavy atom. The average molecular weight is 563 g/mol. The molecule has 2 atom stereocenters. The number of anilines is 1. The van der Waals surface area contributed by atoms with Gasteiger partial charge in [0.1, 0.15) is 12.6 Å². The van der Waals surface area contributed by atoms with Gasteiger partial charge in [0.25, 0.3) is 0 Å². The Morgan fingerprint density at radius 3 is 2.33 bits per heavy atom. The van der Waals surface area contributed by atoms with Crippen LogP contribution in [-0.2, 0) is 40.1 Å². The summed E-state index contributed by atoms with van der Waals surface area (Å²) in [6.07, 6.45) is 4.10. The monoisotopic (exact) mass is 562 g/mol. The van der Waals surface area contributed by atoms with Gasteiger partial charge in [0.15, 0.2) is 0 Å². The van der Waals surface area contributed by atoms with Crippen molar-refractivity contribution in [3.8, 4) is 0 Å². The second kappa shape index (κ2) is 15.9. The molecular formula is C27H38N4O7S. The van der Waals surface area contributed by atoms with Gasteiger partial charge in [0.2, 0.25) is 29.5 Å². The number of hydrogen-bond acceptors (Lipinski definition) is 8. The van der Waals surface area contributed by atoms with Gasteiger partial charge in [-0.05, 0) is 42.7 Å². The van der Waals surface area contributed by atoms with E-state index < -0.39 is 17.9 Å². The lowest BCUT2D eigenvalue weighted by molar-refractivity contribution is -0.142. The van der Waals surface area contributed by atoms with Gasteiger partial charge in [0.05, 0.1) is 11.8 Å². The number of carbonyl (C=O) groups excluding carboxylic acids is 6. The van der Waals surface area contributed by atoms with Gasteiger partial charge in [-0.2, -0.15) is 11.8 Å². The van der Waals surface area contributed by atoms with E-state index >= 15 is 0 Å². The molecule has 2 unspecified atom stereocenters. The Morgan fingerprint density at radius 1 is 1.05 bits per heavy atom. The molecule has 1 aliphatic heterocycles. The van der Waals surface area contributed by atoms with E-state index in [0.29, 0.717) is 31.5 Å². The molecule has 39 heavy (non-hydrogen) atoms. The smallest absolute Gasteiger partial charge is 0.302 e. The number of imide groups is 1. The number of likely N-dealkylation sites (tertiary alicyclic amines) is 1. The van der Waals surface area contributed by atoms with Crippen molar-refractivity contribution in [2.45, 2.75) is 70.8 Å². The second-order valence-electron chi connectivity index (χ2n) is 9.66. The first-order valence-electron chi connectivity index (χ1n) is 13.0. The van der Waals surface area contributed by atoms with Crippen LogP contribution in [-0.4, -0.2) is 71.0 Å². The van der Waals surface area contributed by atoms with Crippen LogP contribution in [0, 0.1) is 5.92 Å². The summed E-state index contributed by atoms with van der Waals surface area (Å²) in [5, 5.41) is 7.68. The summed E-state index contributed by atoms with van der Waals surface area (Å²) >= 11 is 1.38. The summed E-state index contributed by atoms with van der Waals surface area (Å²) in [6, 6.07) is 5.96. The first kappa shape index (κ1) is 31.8. The zero-order chi connectivity index (χ0) is 28.9. The Hall–Kier alpha value is -3.41. The van der Waals surface area contributed by atoms with Crippen LogP contribution in [0.1, 0.15) is 58.4 Å². The van der Waals surface area contributed by atoms with Crippen LogP contribution in [0.3, 0.4) is 0 Å². The van der Waals surface area contributed by atoms with Crippen molar-refractivity contribution in [2.24, 2.45) is 5.92 Å². The molecule has 0 bridgehead atoms. The minimum atomic E-state index is -0.797. The van der Waals surface area contributed by atoms with E-state index in [2.05, 4.69) is 16.0 Å². The number of nitrogens with zero attached hydrogens (tertiary/aromatic N) is 1. The average Bonchev–Trinajstić information content (AvgIpc) is 3.17. The summed E-state index contributed by atoms with van der Waals surface area (Å²) < 4.78 is 4.92. The van der Waals surface area contributed by atoms with Crippen molar-refractivity contribution in [3.63, 3.8) is 0 Å². The minimum Gasteiger partial charge on any atom is -0.461 e. The Balaban J connectivity index is 1.70. The van der Waals surface area contributed by atoms with E-state index in [9.17, 15) is 28.8 Å². The number of unbranched alkanes of at least 4 members (excludes halogenated alkanes) is 2. The van der Waals surface area contributed by atoms with Crippen molar-refractivity contribution in [1.29, 1.82) is 0 Å². The SMILES string of the molecule is CSC1CC(=O)N(CCCCCC(=O)NC(C(=O)NCC(=O)Nc2ccc(COC(C)=O)cc2)C(C)C)C1=O. The van der Waals surface area contributed by atoms with Crippen LogP contribution in [0.2, 0.25) is 0 Å². The third-order valence-corrected chi connectivity index (χ3v) is 7.08. The molecule has 214 valence electrons. The molecule has 1 fully saturated rings. The maximum Gasteiger partial charge on any atom is 0.302 e. The number of benzene rings is 1. The lowest BCUT2D eigenvalue weighted by Crippen LogP contribution is -2.51. The fourth-order valence-electron chi connectivity index (χ4n) is 3.94. The predicted molar refractivity (Wildman–Crippen MR) is 147 cm³/mol. The number of rotatable bonds is 15. The predicted octanol–water partition coefficient (Wildman–Crippen LogP) is 2.00. The summed E-state index contributed by atoms with van der Waals surface area (Å²) in [5.74, 6) is -2.03. The fraction of sp³-hybridized carbons (Fsp3) is 0.556. The number of hydrogen-bond donors (Lipinski definition) is 3. The number of carbonyl (C=O) groups is 6. The second-order valence-corrected chi connectivity index (χ2v) is 10.7. The van der Waals surface area contributed by atoms with Crippen molar-refractivity contribution in [2.75, 3.05) is 24.7 Å². The Labute approximate surface area is 233 Å². The topological polar surface area (TPSA) is 151 Å². The number of thioether (sulfide) groups is 1. The molecule has 0 radical (unpaired) electrons. The lowest BCUT2D eigenvalue weighted by atomic mass is 10.0. The van der Waals surface area contributed by atoms with Gasteiger partial charge in [-0.1, -0.05) is 32.4 Å². The Kier molecular flexibility index (Phi) is 12.9. The standard InChI is InChI=1S/C27H38N4O7S/c1-17(2)25(30-22(33)8-6-5-7-13-31-24(35)14-21(39-4)27(31)37)26(36)28-15-23(34)29-20-11-9-19(10-12-20)16-38-18(3)32/h9-12,17,21,25H,5-8,13-16H2,1-4H3,(H,28,36)(H,29,34)(H,30,33). The molecule has 5 amide bonds. The van der Waals surface area contributed by atoms with E-state index in [0.717, 1.165) is 5.56 Å². The molecular weight excluding hydrogens is 524 g/mol. The fourth-order valence-corrected chi connectivity index (χ4v) is 4.57. The minimum absolute atomic E-state index is 0.140. The molecule has 0 aromatic heterocycles. The molecule has 12 heteroatoms. The van der Waals surface area contributed by atoms with E-state index in [1.54, 1.807) is 38.1 Å². The summed E-state index contributed by atoms with van der Waals surface area (Å²) in [7, 11) is 0. The number of esters is 1. The summed E-state index contributed by atoms with van der Waals surface area (Å²) in [5.41, 5.74) is 1.30. The van der Waals surface area contributed by atoms with Crippen LogP contribution in [0.5, 0.6) is 0 Å². The van der Waals surface area contributed by atoms with Crippen LogP contribution >= 0.6 is 11.8 Å². The molecule has 3 N–H and O–H groups in total. The van der Waals surface area contributed by atoms with Crippen molar-refractivity contribution >= 4 is 53.0 Å². The van der Waals surface area contributed by atoms with Crippen LogP contribution in [0.25, 0.3) is 0 Å². The molecule has 2 rings (SSSR count). The van der Waals surface area contributed by atoms with Crippen LogP contribution in [0.15, 0.2) is 24.3 Å². The molecule has 1 heterocycles. The lowest BCUT2D eigenvalue weighted by Gasteiger charge is -2.21. The highest BCUT2D eigenvalue weighted by Gasteiger charge is 2.37. The van der Waals surface area contributed by atoms with Crippen molar-refractivity contribution < 1.29 is 33.5 Å². The summed E-state index contributed by atoms with van der Waals surface area (Å²) in [4.78, 5) is 73.7. The molecule has 1 aliphatic rings. The van der Waals surface area contributed by atoms with Gasteiger partial charge >= 0.3 is 5.97 Å². The summed E-state index contributed by atoms with van der Waals surface area (Å²) in [6.45, 7) is 5.15. The highest BCUT2D eigenvalue weighted by atomic mass is 32.2. The van der Waals surface area contributed by atoms with Crippen molar-refractivity contribution in [1.82, 2.24) is 15.5 Å². The zero-order valence-electron chi connectivity index (χ0n) is 22.9. The molecule has 11 nitrogen and oxygen atoms in total. The molecule has 0 aliphatic carbocycles. The van der Waals surface area contributed by atoms with Crippen LogP contribution in [0.4, 0.5) is 5.69 Å². The first-order chi connectivity index (χ1) is 18.5. The largest absolute Gasteiger partial charge is 0.461 e. The molecule has 1 saturated heterocycles. The van der Waals surface area contributed by atoms with E-state index in [1.165, 1.54) is 23.6 Å². The third-order valence-electron chi connectivity index (χ3n) is 6.14. The van der Waals surface area contributed by atoms with Gasteiger partial charge in [-0.25, -0.2) is 0 Å². The van der Waals surface area contributed by atoms with Crippen molar-refractivity contribution in [3.05, 3.63) is 29.8 Å². The number of nitrogens with one attached hydrogen (secondary N) is 3. The van der Waals surface area contributed by atoms with Gasteiger partial charge in [0, 0.05) is 32.0 Å². The molecule has 0 spiro atoms. The normalized spacial score (nSPS) is 15.7. The number of amides is 5. The van der Waals surface area contributed by atoms with E-state index in [1.807, 2.05) is 6.26 Å². The maximum atomic E-state index is 12.7. The molecule has 1 aromatic carbocycles. The number of ether oxygens (including phenoxy) is 1. The highest BCUT2D eigenvalue weighted by molar-refractivity contribution is 8.00. The van der Waals surface area contributed by atoms with Gasteiger partial charge < -0.3 is 20.7 Å². The quantitative estimate of drug-likeness (QED) is 0.167. The molecule has 0 saturated carbocycles. The van der Waals surface area contributed by atoms with Gasteiger partial charge in [-0.3, -0.25) is 33.7 Å². The highest BCUT2D eigenvalue weighted by Crippen LogP contribution is 2.23. The van der Waals surface area contributed by atoms with E-state index in [4.69, 9.17) is 4.74 Å². The van der Waals surface area contributed by atoms with Crippen LogP contribution < -0.4 is 16.0 Å².